The van der Waals surface area contributed by atoms with E-state index in [1.807, 2.05) is 0 Å². The third-order valence-electron chi connectivity index (χ3n) is 1.82. The van der Waals surface area contributed by atoms with Gasteiger partial charge in [-0.15, -0.1) is 0 Å². The van der Waals surface area contributed by atoms with Crippen LogP contribution in [-0.4, -0.2) is 29.9 Å². The molecule has 2 heteroatoms. The van der Waals surface area contributed by atoms with Crippen molar-refractivity contribution in [3.8, 4) is 0 Å². The van der Waals surface area contributed by atoms with Crippen LogP contribution in [0.1, 0.15) is 26.7 Å². The van der Waals surface area contributed by atoms with Crippen LogP contribution >= 0.6 is 0 Å². The second-order valence-corrected chi connectivity index (χ2v) is 8.33. The van der Waals surface area contributed by atoms with Gasteiger partial charge in [-0.3, -0.25) is 0 Å². The molecule has 0 atom stereocenters. The van der Waals surface area contributed by atoms with E-state index in [4.69, 9.17) is 0 Å². The first-order valence-electron chi connectivity index (χ1n) is 3.35. The zero-order valence-corrected chi connectivity index (χ0v) is 10.2. The summed E-state index contributed by atoms with van der Waals surface area (Å²) in [5, 5.41) is 0. The molecule has 0 bridgehead atoms. The third-order valence-corrected chi connectivity index (χ3v) is 11.0. The van der Waals surface area contributed by atoms with Gasteiger partial charge in [-0.25, -0.2) is 0 Å². The predicted molar refractivity (Wildman–Crippen MR) is 46.5 cm³/mol. The van der Waals surface area contributed by atoms with Gasteiger partial charge in [-0.1, -0.05) is 0 Å². The molecule has 0 heterocycles. The van der Waals surface area contributed by atoms with Crippen molar-refractivity contribution in [2.45, 2.75) is 41.5 Å². The van der Waals surface area contributed by atoms with Gasteiger partial charge in [0.2, 0.25) is 0 Å². The standard InChI is InChI=1S/C7H16Se2/c1-5-7(6-2,8-3)9-4/h5-6H2,1-4H3. The second-order valence-electron chi connectivity index (χ2n) is 2.03. The monoisotopic (exact) mass is 260 g/mol. The van der Waals surface area contributed by atoms with Crippen LogP contribution < -0.4 is 0 Å². The van der Waals surface area contributed by atoms with Crippen molar-refractivity contribution in [3.63, 3.8) is 0 Å². The molecule has 0 unspecified atom stereocenters. The van der Waals surface area contributed by atoms with Crippen LogP contribution in [0.2, 0.25) is 14.9 Å². The molecule has 0 rings (SSSR count). The maximum absolute atomic E-state index is 2.38. The summed E-state index contributed by atoms with van der Waals surface area (Å²) in [7, 11) is 0. The van der Waals surface area contributed by atoms with Crippen LogP contribution in [0, 0.1) is 0 Å². The Morgan fingerprint density at radius 1 is 1.00 bits per heavy atom. The summed E-state index contributed by atoms with van der Waals surface area (Å²) in [4.78, 5) is 0. The summed E-state index contributed by atoms with van der Waals surface area (Å²) in [5.74, 6) is 4.76. The summed E-state index contributed by atoms with van der Waals surface area (Å²) in [6, 6.07) is 0. The zero-order valence-electron chi connectivity index (χ0n) is 6.73. The Morgan fingerprint density at radius 3 is 1.33 bits per heavy atom. The van der Waals surface area contributed by atoms with E-state index in [0.29, 0.717) is 0 Å². The molecule has 0 aromatic carbocycles. The zero-order chi connectivity index (χ0) is 7.33. The number of rotatable bonds is 4. The van der Waals surface area contributed by atoms with Gasteiger partial charge in [0.05, 0.1) is 0 Å². The normalized spacial score (nSPS) is 12.0. The van der Waals surface area contributed by atoms with Crippen LogP contribution in [0.15, 0.2) is 0 Å². The van der Waals surface area contributed by atoms with Gasteiger partial charge < -0.3 is 0 Å². The first-order valence-corrected chi connectivity index (χ1v) is 8.49. The second kappa shape index (κ2) is 4.79. The first kappa shape index (κ1) is 10.0. The first-order chi connectivity index (χ1) is 4.24. The molecular formula is C7H16Se2. The topological polar surface area (TPSA) is 0 Å². The fourth-order valence-electron chi connectivity index (χ4n) is 0.911. The molecule has 0 nitrogen and oxygen atoms in total. The van der Waals surface area contributed by atoms with Crippen molar-refractivity contribution in [1.29, 1.82) is 0 Å². The van der Waals surface area contributed by atoms with Crippen molar-refractivity contribution in [2.24, 2.45) is 0 Å². The van der Waals surface area contributed by atoms with E-state index >= 15 is 0 Å². The van der Waals surface area contributed by atoms with E-state index < -0.39 is 0 Å². The Kier molecular flexibility index (Phi) is 5.35. The Balaban J connectivity index is 3.82. The molecule has 0 aliphatic heterocycles. The molecule has 0 aliphatic rings. The minimum atomic E-state index is 0.792. The van der Waals surface area contributed by atoms with E-state index in [9.17, 15) is 0 Å². The summed E-state index contributed by atoms with van der Waals surface area (Å²) in [6.07, 6.45) is 2.80. The third kappa shape index (κ3) is 2.63. The van der Waals surface area contributed by atoms with Crippen molar-refractivity contribution >= 4 is 29.9 Å². The van der Waals surface area contributed by atoms with Crippen LogP contribution in [0.3, 0.4) is 0 Å². The molecule has 0 aliphatic carbocycles. The summed E-state index contributed by atoms with van der Waals surface area (Å²) in [5.41, 5.74) is 0. The fraction of sp³-hybridized carbons (Fsp3) is 1.00. The summed E-state index contributed by atoms with van der Waals surface area (Å²) >= 11 is 1.73. The van der Waals surface area contributed by atoms with Gasteiger partial charge >= 0.3 is 71.5 Å². The van der Waals surface area contributed by atoms with E-state index in [0.717, 1.165) is 33.1 Å². The molecule has 0 aromatic heterocycles. The van der Waals surface area contributed by atoms with Gasteiger partial charge in [-0.05, 0) is 0 Å². The molecule has 0 N–H and O–H groups in total. The molecule has 9 heavy (non-hydrogen) atoms. The van der Waals surface area contributed by atoms with Crippen molar-refractivity contribution < 1.29 is 0 Å². The van der Waals surface area contributed by atoms with Gasteiger partial charge in [0.1, 0.15) is 0 Å². The Labute approximate surface area is 71.5 Å². The van der Waals surface area contributed by atoms with Gasteiger partial charge in [0, 0.05) is 0 Å². The molecular weight excluding hydrogens is 242 g/mol. The Hall–Kier alpha value is 1.04. The quantitative estimate of drug-likeness (QED) is 0.679. The van der Waals surface area contributed by atoms with E-state index in [1.165, 1.54) is 12.8 Å². The Morgan fingerprint density at radius 2 is 1.33 bits per heavy atom. The fourth-order valence-corrected chi connectivity index (χ4v) is 5.50. The Bertz CT molecular complexity index is 49.8. The average molecular weight is 258 g/mol. The molecule has 0 spiro atoms. The maximum atomic E-state index is 2.38. The van der Waals surface area contributed by atoms with Crippen LogP contribution in [0.5, 0.6) is 0 Å². The average Bonchev–Trinajstić information content (AvgIpc) is 1.95. The van der Waals surface area contributed by atoms with E-state index in [2.05, 4.69) is 25.5 Å². The summed E-state index contributed by atoms with van der Waals surface area (Å²) in [6.45, 7) is 4.67. The summed E-state index contributed by atoms with van der Waals surface area (Å²) < 4.78 is 0.792. The van der Waals surface area contributed by atoms with E-state index in [1.54, 1.807) is 0 Å². The minimum absolute atomic E-state index is 0.792. The van der Waals surface area contributed by atoms with Crippen LogP contribution in [0.25, 0.3) is 0 Å². The number of hydrogen-bond acceptors (Lipinski definition) is 0. The predicted octanol–water partition coefficient (Wildman–Crippen LogP) is 2.43. The molecule has 0 aromatic rings. The van der Waals surface area contributed by atoms with Crippen molar-refractivity contribution in [3.05, 3.63) is 0 Å². The van der Waals surface area contributed by atoms with E-state index in [-0.39, 0.29) is 0 Å². The van der Waals surface area contributed by atoms with Gasteiger partial charge in [0.25, 0.3) is 0 Å². The molecule has 56 valence electrons. The molecule has 0 saturated heterocycles. The molecule has 0 radical (unpaired) electrons. The number of hydrogen-bond donors (Lipinski definition) is 0. The SMILES string of the molecule is CCC(CC)([Se]C)[Se]C. The van der Waals surface area contributed by atoms with Crippen molar-refractivity contribution in [1.82, 2.24) is 0 Å². The van der Waals surface area contributed by atoms with Crippen LogP contribution in [-0.2, 0) is 0 Å². The van der Waals surface area contributed by atoms with Gasteiger partial charge in [0.15, 0.2) is 0 Å². The molecule has 0 fully saturated rings. The van der Waals surface area contributed by atoms with Crippen LogP contribution in [0.4, 0.5) is 0 Å². The molecule has 0 amide bonds. The molecule has 0 saturated carbocycles. The van der Waals surface area contributed by atoms with Gasteiger partial charge in [-0.2, -0.15) is 0 Å². The van der Waals surface area contributed by atoms with Crippen molar-refractivity contribution in [2.75, 3.05) is 0 Å².